The van der Waals surface area contributed by atoms with Gasteiger partial charge >= 0.3 is 0 Å². The van der Waals surface area contributed by atoms with Crippen molar-refractivity contribution in [3.05, 3.63) is 58.7 Å². The molecule has 0 fully saturated rings. The minimum atomic E-state index is -0.557. The summed E-state index contributed by atoms with van der Waals surface area (Å²) in [4.78, 5) is 12.4. The van der Waals surface area contributed by atoms with Crippen molar-refractivity contribution in [2.45, 2.75) is 40.7 Å². The van der Waals surface area contributed by atoms with E-state index in [0.29, 0.717) is 0 Å². The van der Waals surface area contributed by atoms with E-state index < -0.39 is 6.10 Å². The maximum Gasteiger partial charge on any atom is 0.265 e. The summed E-state index contributed by atoms with van der Waals surface area (Å²) in [7, 11) is 0. The summed E-state index contributed by atoms with van der Waals surface area (Å²) < 4.78 is 5.88. The van der Waals surface area contributed by atoms with E-state index in [-0.39, 0.29) is 5.91 Å². The minimum absolute atomic E-state index is 0.139. The summed E-state index contributed by atoms with van der Waals surface area (Å²) in [6, 6.07) is 11.9. The van der Waals surface area contributed by atoms with Crippen molar-refractivity contribution < 1.29 is 9.53 Å². The molecule has 3 heteroatoms. The number of anilines is 1. The Morgan fingerprint density at radius 1 is 0.909 bits per heavy atom. The van der Waals surface area contributed by atoms with Gasteiger partial charge in [0, 0.05) is 5.69 Å². The number of para-hydroxylation sites is 2. The number of amides is 1. The first-order chi connectivity index (χ1) is 10.4. The average Bonchev–Trinajstić information content (AvgIpc) is 2.46. The van der Waals surface area contributed by atoms with E-state index in [2.05, 4.69) is 5.32 Å². The quantitative estimate of drug-likeness (QED) is 0.912. The molecule has 22 heavy (non-hydrogen) atoms. The number of carbonyl (C=O) groups excluding carboxylic acids is 1. The van der Waals surface area contributed by atoms with Gasteiger partial charge in [0.25, 0.3) is 5.91 Å². The number of hydrogen-bond donors (Lipinski definition) is 1. The number of aryl methyl sites for hydroxylation is 4. The van der Waals surface area contributed by atoms with Gasteiger partial charge < -0.3 is 10.1 Å². The molecule has 0 radical (unpaired) electrons. The second kappa shape index (κ2) is 6.65. The van der Waals surface area contributed by atoms with Crippen LogP contribution in [0.3, 0.4) is 0 Å². The average molecular weight is 297 g/mol. The van der Waals surface area contributed by atoms with Gasteiger partial charge in [-0.1, -0.05) is 36.4 Å². The fourth-order valence-corrected chi connectivity index (χ4v) is 2.45. The number of hydrogen-bond acceptors (Lipinski definition) is 2. The lowest BCUT2D eigenvalue weighted by molar-refractivity contribution is -0.122. The van der Waals surface area contributed by atoms with E-state index in [9.17, 15) is 4.79 Å². The Morgan fingerprint density at radius 3 is 1.86 bits per heavy atom. The zero-order valence-electron chi connectivity index (χ0n) is 13.9. The summed E-state index contributed by atoms with van der Waals surface area (Å²) in [5.41, 5.74) is 5.03. The highest BCUT2D eigenvalue weighted by molar-refractivity contribution is 5.95. The third kappa shape index (κ3) is 3.48. The first kappa shape index (κ1) is 16.1. The molecule has 1 amide bonds. The van der Waals surface area contributed by atoms with Crippen molar-refractivity contribution in [1.29, 1.82) is 0 Å². The Labute approximate surface area is 132 Å². The van der Waals surface area contributed by atoms with Crippen LogP contribution in [0.4, 0.5) is 5.69 Å². The number of ether oxygens (including phenoxy) is 1. The highest BCUT2D eigenvalue weighted by Crippen LogP contribution is 2.24. The Kier molecular flexibility index (Phi) is 4.86. The van der Waals surface area contributed by atoms with Crippen LogP contribution in [-0.2, 0) is 4.79 Å². The molecule has 0 bridgehead atoms. The van der Waals surface area contributed by atoms with E-state index >= 15 is 0 Å². The third-order valence-electron chi connectivity index (χ3n) is 3.80. The van der Waals surface area contributed by atoms with Crippen LogP contribution in [0.15, 0.2) is 36.4 Å². The smallest absolute Gasteiger partial charge is 0.265 e. The van der Waals surface area contributed by atoms with Gasteiger partial charge in [0.1, 0.15) is 5.75 Å². The molecule has 0 aromatic heterocycles. The molecule has 0 unspecified atom stereocenters. The van der Waals surface area contributed by atoms with E-state index in [0.717, 1.165) is 33.7 Å². The lowest BCUT2D eigenvalue weighted by Crippen LogP contribution is -2.31. The van der Waals surface area contributed by atoms with Gasteiger partial charge in [-0.05, 0) is 56.9 Å². The molecule has 0 aliphatic rings. The van der Waals surface area contributed by atoms with Crippen LogP contribution in [0.2, 0.25) is 0 Å². The molecule has 0 heterocycles. The Hall–Kier alpha value is -2.29. The minimum Gasteiger partial charge on any atom is -0.480 e. The van der Waals surface area contributed by atoms with Crippen LogP contribution >= 0.6 is 0 Å². The monoisotopic (exact) mass is 297 g/mol. The normalized spacial score (nSPS) is 11.9. The predicted octanol–water partition coefficient (Wildman–Crippen LogP) is 4.33. The van der Waals surface area contributed by atoms with Crippen molar-refractivity contribution in [2.75, 3.05) is 5.32 Å². The predicted molar refractivity (Wildman–Crippen MR) is 90.6 cm³/mol. The van der Waals surface area contributed by atoms with Crippen LogP contribution in [0.1, 0.15) is 29.2 Å². The lowest BCUT2D eigenvalue weighted by Gasteiger charge is -2.19. The van der Waals surface area contributed by atoms with Crippen LogP contribution in [-0.4, -0.2) is 12.0 Å². The van der Waals surface area contributed by atoms with Crippen LogP contribution in [0.5, 0.6) is 5.75 Å². The second-order valence-electron chi connectivity index (χ2n) is 5.74. The third-order valence-corrected chi connectivity index (χ3v) is 3.80. The molecule has 0 saturated heterocycles. The van der Waals surface area contributed by atoms with Gasteiger partial charge in [0.2, 0.25) is 0 Å². The van der Waals surface area contributed by atoms with Crippen LogP contribution in [0.25, 0.3) is 0 Å². The molecule has 0 spiro atoms. The van der Waals surface area contributed by atoms with Crippen LogP contribution in [0, 0.1) is 27.7 Å². The van der Waals surface area contributed by atoms with Crippen molar-refractivity contribution in [2.24, 2.45) is 0 Å². The number of rotatable bonds is 4. The van der Waals surface area contributed by atoms with Gasteiger partial charge in [0.15, 0.2) is 6.10 Å². The Balaban J connectivity index is 2.13. The van der Waals surface area contributed by atoms with Gasteiger partial charge in [-0.3, -0.25) is 4.79 Å². The maximum absolute atomic E-state index is 12.4. The van der Waals surface area contributed by atoms with Gasteiger partial charge in [-0.15, -0.1) is 0 Å². The molecular weight excluding hydrogens is 274 g/mol. The Bertz CT molecular complexity index is 651. The van der Waals surface area contributed by atoms with Crippen molar-refractivity contribution in [3.8, 4) is 5.75 Å². The summed E-state index contributed by atoms with van der Waals surface area (Å²) >= 11 is 0. The second-order valence-corrected chi connectivity index (χ2v) is 5.74. The number of benzene rings is 2. The summed E-state index contributed by atoms with van der Waals surface area (Å²) in [5.74, 6) is 0.645. The zero-order chi connectivity index (χ0) is 16.3. The zero-order valence-corrected chi connectivity index (χ0v) is 13.9. The summed E-state index contributed by atoms with van der Waals surface area (Å²) in [5, 5.41) is 2.97. The Morgan fingerprint density at radius 2 is 1.36 bits per heavy atom. The van der Waals surface area contributed by atoms with E-state index in [1.807, 2.05) is 64.1 Å². The molecule has 116 valence electrons. The fraction of sp³-hybridized carbons (Fsp3) is 0.316. The first-order valence-corrected chi connectivity index (χ1v) is 7.50. The molecule has 2 aromatic rings. The van der Waals surface area contributed by atoms with Crippen LogP contribution < -0.4 is 10.1 Å². The number of nitrogens with one attached hydrogen (secondary N) is 1. The molecule has 2 rings (SSSR count). The molecule has 1 atom stereocenters. The summed E-state index contributed by atoms with van der Waals surface area (Å²) in [6.07, 6.45) is -0.557. The van der Waals surface area contributed by atoms with Crippen molar-refractivity contribution in [1.82, 2.24) is 0 Å². The molecule has 0 aliphatic heterocycles. The molecule has 2 aromatic carbocycles. The molecule has 0 aliphatic carbocycles. The summed E-state index contributed by atoms with van der Waals surface area (Å²) in [6.45, 7) is 9.71. The highest BCUT2D eigenvalue weighted by Gasteiger charge is 2.18. The molecule has 1 N–H and O–H groups in total. The van der Waals surface area contributed by atoms with Crippen molar-refractivity contribution in [3.63, 3.8) is 0 Å². The molecule has 3 nitrogen and oxygen atoms in total. The van der Waals surface area contributed by atoms with Crippen molar-refractivity contribution >= 4 is 11.6 Å². The SMILES string of the molecule is Cc1cccc(C)c1NC(=O)[C@@H](C)Oc1c(C)cccc1C. The van der Waals surface area contributed by atoms with Gasteiger partial charge in [-0.2, -0.15) is 0 Å². The van der Waals surface area contributed by atoms with Gasteiger partial charge in [0.05, 0.1) is 0 Å². The largest absolute Gasteiger partial charge is 0.480 e. The topological polar surface area (TPSA) is 38.3 Å². The standard InChI is InChI=1S/C19H23NO2/c1-12-8-6-9-13(2)17(12)20-19(21)16(5)22-18-14(3)10-7-11-15(18)4/h6-11,16H,1-5H3,(H,20,21)/t16-/m1/s1. The molecular formula is C19H23NO2. The molecule has 0 saturated carbocycles. The number of carbonyl (C=O) groups is 1. The maximum atomic E-state index is 12.4. The van der Waals surface area contributed by atoms with E-state index in [4.69, 9.17) is 4.74 Å². The first-order valence-electron chi connectivity index (χ1n) is 7.50. The fourth-order valence-electron chi connectivity index (χ4n) is 2.45. The van der Waals surface area contributed by atoms with E-state index in [1.54, 1.807) is 6.92 Å². The lowest BCUT2D eigenvalue weighted by atomic mass is 10.1. The van der Waals surface area contributed by atoms with E-state index in [1.165, 1.54) is 0 Å². The van der Waals surface area contributed by atoms with Gasteiger partial charge in [-0.25, -0.2) is 0 Å². The highest BCUT2D eigenvalue weighted by atomic mass is 16.5.